The van der Waals surface area contributed by atoms with Gasteiger partial charge in [0.15, 0.2) is 0 Å². The van der Waals surface area contributed by atoms with Crippen LogP contribution in [-0.2, 0) is 6.42 Å². The van der Waals surface area contributed by atoms with Gasteiger partial charge in [-0.3, -0.25) is 4.90 Å². The van der Waals surface area contributed by atoms with E-state index in [0.717, 1.165) is 12.8 Å². The number of para-hydroxylation sites is 1. The summed E-state index contributed by atoms with van der Waals surface area (Å²) < 4.78 is 2.31. The molecule has 0 saturated carbocycles. The van der Waals surface area contributed by atoms with Gasteiger partial charge in [-0.05, 0) is 55.7 Å². The summed E-state index contributed by atoms with van der Waals surface area (Å²) in [5.74, 6) is 0.301. The monoisotopic (exact) mass is 324 g/mol. The van der Waals surface area contributed by atoms with Crippen molar-refractivity contribution in [2.24, 2.45) is 11.3 Å². The summed E-state index contributed by atoms with van der Waals surface area (Å²) in [5.41, 5.74) is 4.53. The highest BCUT2D eigenvalue weighted by Gasteiger charge is 2.51. The Morgan fingerprint density at radius 2 is 2.08 bits per heavy atom. The van der Waals surface area contributed by atoms with Crippen molar-refractivity contribution in [1.82, 2.24) is 9.47 Å². The fourth-order valence-electron chi connectivity index (χ4n) is 6.17. The second-order valence-electron chi connectivity index (χ2n) is 8.35. The summed E-state index contributed by atoms with van der Waals surface area (Å²) in [7, 11) is 0. The number of benzene rings is 1. The third kappa shape index (κ3) is 1.75. The van der Waals surface area contributed by atoms with Gasteiger partial charge in [0.2, 0.25) is 0 Å². The van der Waals surface area contributed by atoms with E-state index in [0.29, 0.717) is 17.4 Å². The summed E-state index contributed by atoms with van der Waals surface area (Å²) in [6, 6.07) is 9.22. The van der Waals surface area contributed by atoms with Crippen LogP contribution >= 0.6 is 0 Å². The molecule has 1 saturated heterocycles. The molecule has 0 radical (unpaired) electrons. The summed E-state index contributed by atoms with van der Waals surface area (Å²) in [6.45, 7) is 7.02. The van der Waals surface area contributed by atoms with Gasteiger partial charge in [-0.2, -0.15) is 0 Å². The molecule has 2 aromatic rings. The topological polar surface area (TPSA) is 28.4 Å². The van der Waals surface area contributed by atoms with Crippen molar-refractivity contribution in [3.63, 3.8) is 0 Å². The van der Waals surface area contributed by atoms with Crippen LogP contribution in [0, 0.1) is 11.3 Å². The first-order valence-corrected chi connectivity index (χ1v) is 9.70. The maximum Gasteiger partial charge on any atom is 0.133 e. The number of aromatic nitrogens is 1. The maximum absolute atomic E-state index is 11.2. The lowest BCUT2D eigenvalue weighted by molar-refractivity contribution is -0.0202. The quantitative estimate of drug-likeness (QED) is 0.849. The Kier molecular flexibility index (Phi) is 3.18. The molecular weight excluding hydrogens is 296 g/mol. The van der Waals surface area contributed by atoms with Crippen LogP contribution in [0.5, 0.6) is 0 Å². The first-order valence-electron chi connectivity index (χ1n) is 9.70. The van der Waals surface area contributed by atoms with Crippen LogP contribution in [0.25, 0.3) is 10.9 Å². The van der Waals surface area contributed by atoms with Crippen LogP contribution in [0.3, 0.4) is 0 Å². The fraction of sp³-hybridized carbons (Fsp3) is 0.619. The van der Waals surface area contributed by atoms with E-state index in [-0.39, 0.29) is 0 Å². The highest BCUT2D eigenvalue weighted by atomic mass is 16.3. The first kappa shape index (κ1) is 15.0. The summed E-state index contributed by atoms with van der Waals surface area (Å²) >= 11 is 0. The molecule has 0 unspecified atom stereocenters. The molecule has 3 nitrogen and oxygen atoms in total. The van der Waals surface area contributed by atoms with Crippen molar-refractivity contribution in [2.45, 2.75) is 58.2 Å². The number of nitrogens with zero attached hydrogens (tertiary/aromatic N) is 2. The molecule has 5 rings (SSSR count). The number of aliphatic hydroxyl groups is 1. The molecule has 4 heterocycles. The van der Waals surface area contributed by atoms with Crippen molar-refractivity contribution >= 4 is 10.9 Å². The van der Waals surface area contributed by atoms with Crippen molar-refractivity contribution in [3.05, 3.63) is 35.5 Å². The van der Waals surface area contributed by atoms with E-state index in [2.05, 4.69) is 47.6 Å². The zero-order valence-corrected chi connectivity index (χ0v) is 14.8. The Morgan fingerprint density at radius 3 is 2.92 bits per heavy atom. The second-order valence-corrected chi connectivity index (χ2v) is 8.35. The highest BCUT2D eigenvalue weighted by molar-refractivity contribution is 5.86. The molecule has 1 N–H and O–H groups in total. The molecule has 1 aromatic carbocycles. The van der Waals surface area contributed by atoms with Crippen LogP contribution in [0.2, 0.25) is 0 Å². The predicted molar refractivity (Wildman–Crippen MR) is 97.0 cm³/mol. The van der Waals surface area contributed by atoms with Gasteiger partial charge in [0, 0.05) is 23.5 Å². The highest BCUT2D eigenvalue weighted by Crippen LogP contribution is 2.58. The van der Waals surface area contributed by atoms with Gasteiger partial charge in [0.25, 0.3) is 0 Å². The van der Waals surface area contributed by atoms with E-state index in [4.69, 9.17) is 0 Å². The molecule has 3 aliphatic heterocycles. The SMILES string of the molecule is CC[C@]12CCCN3CCc4c(n(c5ccccc45)[C@@H](O)[C@@H](C)C1)[C@@H]32. The summed E-state index contributed by atoms with van der Waals surface area (Å²) in [6.07, 6.45) is 5.70. The largest absolute Gasteiger partial charge is 0.373 e. The second kappa shape index (κ2) is 5.09. The first-order chi connectivity index (χ1) is 11.7. The molecule has 1 fully saturated rings. The third-order valence-corrected chi connectivity index (χ3v) is 7.24. The number of hydrogen-bond acceptors (Lipinski definition) is 2. The number of fused-ring (bicyclic) bond motifs is 3. The minimum atomic E-state index is -0.396. The predicted octanol–water partition coefficient (Wildman–Crippen LogP) is 4.26. The van der Waals surface area contributed by atoms with E-state index in [9.17, 15) is 5.11 Å². The zero-order chi connectivity index (χ0) is 16.5. The summed E-state index contributed by atoms with van der Waals surface area (Å²) in [5, 5.41) is 12.6. The fourth-order valence-corrected chi connectivity index (χ4v) is 6.17. The molecule has 3 heteroatoms. The summed E-state index contributed by atoms with van der Waals surface area (Å²) in [4.78, 5) is 2.73. The molecule has 3 aliphatic rings. The number of rotatable bonds is 1. The molecule has 0 spiro atoms. The Hall–Kier alpha value is -1.32. The molecule has 128 valence electrons. The van der Waals surface area contributed by atoms with E-state index < -0.39 is 6.23 Å². The smallest absolute Gasteiger partial charge is 0.133 e. The van der Waals surface area contributed by atoms with Gasteiger partial charge >= 0.3 is 0 Å². The molecule has 24 heavy (non-hydrogen) atoms. The molecule has 4 atom stereocenters. The van der Waals surface area contributed by atoms with Gasteiger partial charge in [-0.1, -0.05) is 32.0 Å². The molecule has 0 aliphatic carbocycles. The lowest BCUT2D eigenvalue weighted by Crippen LogP contribution is -2.49. The molecule has 0 bridgehead atoms. The Bertz CT molecular complexity index is 794. The molecule has 0 amide bonds. The van der Waals surface area contributed by atoms with Gasteiger partial charge in [-0.15, -0.1) is 0 Å². The standard InChI is InChI=1S/C21H28N2O/c1-3-21-10-6-11-22-12-9-16-15-7-4-5-8-17(15)23(18(16)19(21)22)20(24)14(2)13-21/h4-5,7-8,14,19-20,24H,3,6,9-13H2,1-2H3/t14-,19+,20-,21-/m0/s1. The van der Waals surface area contributed by atoms with E-state index >= 15 is 0 Å². The van der Waals surface area contributed by atoms with Gasteiger partial charge in [0.1, 0.15) is 6.23 Å². The van der Waals surface area contributed by atoms with Crippen LogP contribution in [0.1, 0.15) is 63.1 Å². The zero-order valence-electron chi connectivity index (χ0n) is 14.8. The average Bonchev–Trinajstić information content (AvgIpc) is 2.90. The lowest BCUT2D eigenvalue weighted by atomic mass is 9.64. The number of aliphatic hydroxyl groups excluding tert-OH is 1. The lowest BCUT2D eigenvalue weighted by Gasteiger charge is -2.52. The van der Waals surface area contributed by atoms with Crippen LogP contribution in [0.4, 0.5) is 0 Å². The Morgan fingerprint density at radius 1 is 1.25 bits per heavy atom. The van der Waals surface area contributed by atoms with E-state index in [1.54, 1.807) is 0 Å². The third-order valence-electron chi connectivity index (χ3n) is 7.24. The molecule has 1 aromatic heterocycles. The maximum atomic E-state index is 11.2. The van der Waals surface area contributed by atoms with Crippen molar-refractivity contribution < 1.29 is 5.11 Å². The minimum Gasteiger partial charge on any atom is -0.373 e. The van der Waals surface area contributed by atoms with E-state index in [1.807, 2.05) is 0 Å². The van der Waals surface area contributed by atoms with Crippen LogP contribution in [-0.4, -0.2) is 27.7 Å². The Balaban J connectivity index is 1.87. The van der Waals surface area contributed by atoms with Gasteiger partial charge in [-0.25, -0.2) is 0 Å². The van der Waals surface area contributed by atoms with E-state index in [1.165, 1.54) is 54.5 Å². The van der Waals surface area contributed by atoms with Crippen LogP contribution in [0.15, 0.2) is 24.3 Å². The van der Waals surface area contributed by atoms with Gasteiger partial charge in [0.05, 0.1) is 11.6 Å². The number of hydrogen-bond donors (Lipinski definition) is 1. The van der Waals surface area contributed by atoms with Crippen molar-refractivity contribution in [1.29, 1.82) is 0 Å². The van der Waals surface area contributed by atoms with Gasteiger partial charge < -0.3 is 9.67 Å². The Labute approximate surface area is 144 Å². The number of piperidine rings is 1. The van der Waals surface area contributed by atoms with Crippen molar-refractivity contribution in [2.75, 3.05) is 13.1 Å². The van der Waals surface area contributed by atoms with Crippen molar-refractivity contribution in [3.8, 4) is 0 Å². The minimum absolute atomic E-state index is 0.301. The molecular formula is C21H28N2O. The average molecular weight is 324 g/mol. The normalized spacial score (nSPS) is 35.7. The van der Waals surface area contributed by atoms with Crippen LogP contribution < -0.4 is 0 Å².